The van der Waals surface area contributed by atoms with Crippen molar-refractivity contribution >= 4 is 16.9 Å². The van der Waals surface area contributed by atoms with Crippen LogP contribution in [0.3, 0.4) is 0 Å². The first-order valence-corrected chi connectivity index (χ1v) is 8.56. The lowest BCUT2D eigenvalue weighted by Gasteiger charge is -2.13. The van der Waals surface area contributed by atoms with Crippen molar-refractivity contribution in [2.75, 3.05) is 14.2 Å². The first-order valence-electron chi connectivity index (χ1n) is 8.56. The molecule has 0 unspecified atom stereocenters. The number of hydrogen-bond donors (Lipinski definition) is 0. The van der Waals surface area contributed by atoms with Gasteiger partial charge in [-0.25, -0.2) is 4.79 Å². The van der Waals surface area contributed by atoms with Gasteiger partial charge in [0.25, 0.3) is 0 Å². The fraction of sp³-hybridized carbons (Fsp3) is 0.238. The molecule has 0 spiro atoms. The molecule has 0 N–H and O–H groups in total. The molecular formula is C21H20O7. The highest BCUT2D eigenvalue weighted by Crippen LogP contribution is 2.29. The number of aryl methyl sites for hydroxylation is 1. The molecule has 0 radical (unpaired) electrons. The molecule has 146 valence electrons. The fourth-order valence-electron chi connectivity index (χ4n) is 2.66. The fourth-order valence-corrected chi connectivity index (χ4v) is 2.66. The lowest BCUT2D eigenvalue weighted by Crippen LogP contribution is -2.24. The minimum atomic E-state index is -0.786. The summed E-state index contributed by atoms with van der Waals surface area (Å²) in [5.41, 5.74) is 0.0178. The molecule has 1 heterocycles. The Bertz CT molecular complexity index is 1070. The molecule has 28 heavy (non-hydrogen) atoms. The Balaban J connectivity index is 1.95. The lowest BCUT2D eigenvalue weighted by molar-refractivity contribution is -0.147. The van der Waals surface area contributed by atoms with Crippen LogP contribution in [-0.2, 0) is 9.53 Å². The predicted molar refractivity (Wildman–Crippen MR) is 102 cm³/mol. The Morgan fingerprint density at radius 3 is 2.50 bits per heavy atom. The molecule has 7 nitrogen and oxygen atoms in total. The van der Waals surface area contributed by atoms with Crippen molar-refractivity contribution in [3.8, 4) is 23.0 Å². The van der Waals surface area contributed by atoms with E-state index >= 15 is 0 Å². The smallest absolute Gasteiger partial charge is 0.346 e. The van der Waals surface area contributed by atoms with Crippen LogP contribution in [0.5, 0.6) is 23.0 Å². The maximum absolute atomic E-state index is 12.9. The van der Waals surface area contributed by atoms with E-state index in [9.17, 15) is 9.59 Å². The Morgan fingerprint density at radius 1 is 1.04 bits per heavy atom. The van der Waals surface area contributed by atoms with Crippen LogP contribution in [0.2, 0.25) is 0 Å². The summed E-state index contributed by atoms with van der Waals surface area (Å²) in [6, 6.07) is 11.6. The molecule has 0 saturated heterocycles. The summed E-state index contributed by atoms with van der Waals surface area (Å²) in [5, 5.41) is 0.335. The first kappa shape index (κ1) is 19.3. The number of carbonyl (C=O) groups is 1. The van der Waals surface area contributed by atoms with E-state index in [0.717, 1.165) is 0 Å². The number of rotatable bonds is 6. The highest BCUT2D eigenvalue weighted by atomic mass is 16.6. The SMILES string of the molecule is COC(=O)[C@@H](C)Oc1ccc2c(=O)c(Oc3cccc(OC)c3)c(C)oc2c1. The average molecular weight is 384 g/mol. The molecule has 0 aliphatic carbocycles. The Kier molecular flexibility index (Phi) is 5.54. The van der Waals surface area contributed by atoms with Crippen molar-refractivity contribution in [1.82, 2.24) is 0 Å². The summed E-state index contributed by atoms with van der Waals surface area (Å²) in [6.45, 7) is 3.21. The maximum Gasteiger partial charge on any atom is 0.346 e. The van der Waals surface area contributed by atoms with Gasteiger partial charge in [0, 0.05) is 12.1 Å². The van der Waals surface area contributed by atoms with E-state index in [0.29, 0.717) is 34.0 Å². The third-order valence-electron chi connectivity index (χ3n) is 4.09. The number of ether oxygens (including phenoxy) is 4. The van der Waals surface area contributed by atoms with Gasteiger partial charge in [0.1, 0.15) is 28.6 Å². The molecule has 7 heteroatoms. The highest BCUT2D eigenvalue weighted by molar-refractivity contribution is 5.80. The zero-order valence-corrected chi connectivity index (χ0v) is 16.0. The van der Waals surface area contributed by atoms with Crippen LogP contribution in [0.15, 0.2) is 51.7 Å². The van der Waals surface area contributed by atoms with Crippen LogP contribution in [0.1, 0.15) is 12.7 Å². The first-order chi connectivity index (χ1) is 13.4. The monoisotopic (exact) mass is 384 g/mol. The van der Waals surface area contributed by atoms with Gasteiger partial charge < -0.3 is 23.4 Å². The topological polar surface area (TPSA) is 84.2 Å². The van der Waals surface area contributed by atoms with E-state index in [-0.39, 0.29) is 11.2 Å². The van der Waals surface area contributed by atoms with Crippen molar-refractivity contribution in [2.24, 2.45) is 0 Å². The molecule has 0 aliphatic rings. The summed E-state index contributed by atoms with van der Waals surface area (Å²) in [7, 11) is 2.84. The largest absolute Gasteiger partial charge is 0.497 e. The van der Waals surface area contributed by atoms with Crippen LogP contribution in [-0.4, -0.2) is 26.3 Å². The quantitative estimate of drug-likeness (QED) is 0.597. The predicted octanol–water partition coefficient (Wildman–Crippen LogP) is 3.84. The third-order valence-corrected chi connectivity index (χ3v) is 4.09. The van der Waals surface area contributed by atoms with E-state index in [1.807, 2.05) is 0 Å². The van der Waals surface area contributed by atoms with Gasteiger partial charge in [0.05, 0.1) is 19.6 Å². The molecular weight excluding hydrogens is 364 g/mol. The summed E-state index contributed by atoms with van der Waals surface area (Å²) in [6.07, 6.45) is -0.786. The molecule has 3 rings (SSSR count). The summed E-state index contributed by atoms with van der Waals surface area (Å²) >= 11 is 0. The van der Waals surface area contributed by atoms with E-state index in [1.165, 1.54) is 7.11 Å². The summed E-state index contributed by atoms with van der Waals surface area (Å²) in [5.74, 6) is 1.37. The van der Waals surface area contributed by atoms with Crippen molar-refractivity contribution in [3.05, 3.63) is 58.4 Å². The van der Waals surface area contributed by atoms with Gasteiger partial charge >= 0.3 is 5.97 Å². The Labute approximate surface area is 161 Å². The van der Waals surface area contributed by atoms with Crippen LogP contribution >= 0.6 is 0 Å². The molecule has 2 aromatic carbocycles. The average Bonchev–Trinajstić information content (AvgIpc) is 2.70. The molecule has 3 aromatic rings. The zero-order chi connectivity index (χ0) is 20.3. The molecule has 0 bridgehead atoms. The summed E-state index contributed by atoms with van der Waals surface area (Å²) in [4.78, 5) is 24.4. The van der Waals surface area contributed by atoms with Gasteiger partial charge in [-0.3, -0.25) is 4.79 Å². The van der Waals surface area contributed by atoms with Gasteiger partial charge in [-0.1, -0.05) is 6.07 Å². The van der Waals surface area contributed by atoms with Crippen LogP contribution in [0.4, 0.5) is 0 Å². The van der Waals surface area contributed by atoms with Crippen LogP contribution < -0.4 is 19.6 Å². The maximum atomic E-state index is 12.9. The van der Waals surface area contributed by atoms with Gasteiger partial charge in [-0.05, 0) is 38.1 Å². The van der Waals surface area contributed by atoms with Crippen LogP contribution in [0.25, 0.3) is 11.0 Å². The Hall–Kier alpha value is -3.48. The van der Waals surface area contributed by atoms with E-state index in [2.05, 4.69) is 4.74 Å². The van der Waals surface area contributed by atoms with Crippen LogP contribution in [0, 0.1) is 6.92 Å². The van der Waals surface area contributed by atoms with E-state index in [1.54, 1.807) is 63.4 Å². The third kappa shape index (κ3) is 3.93. The number of hydrogen-bond acceptors (Lipinski definition) is 7. The second-order valence-electron chi connectivity index (χ2n) is 6.04. The standard InChI is InChI=1S/C21H20O7/c1-12-20(28-15-7-5-6-14(10-15)24-3)19(22)17-9-8-16(11-18(17)27-12)26-13(2)21(23)25-4/h5-11,13H,1-4H3/t13-/m1/s1. The lowest BCUT2D eigenvalue weighted by atomic mass is 10.2. The van der Waals surface area contributed by atoms with Gasteiger partial charge in [-0.15, -0.1) is 0 Å². The van der Waals surface area contributed by atoms with Crippen molar-refractivity contribution in [1.29, 1.82) is 0 Å². The van der Waals surface area contributed by atoms with E-state index in [4.69, 9.17) is 18.6 Å². The second-order valence-corrected chi connectivity index (χ2v) is 6.04. The minimum absolute atomic E-state index is 0.0948. The minimum Gasteiger partial charge on any atom is -0.497 e. The number of fused-ring (bicyclic) bond motifs is 1. The van der Waals surface area contributed by atoms with Gasteiger partial charge in [0.15, 0.2) is 6.10 Å². The van der Waals surface area contributed by atoms with Gasteiger partial charge in [-0.2, -0.15) is 0 Å². The highest BCUT2D eigenvalue weighted by Gasteiger charge is 2.18. The summed E-state index contributed by atoms with van der Waals surface area (Å²) < 4.78 is 26.8. The molecule has 0 amide bonds. The molecule has 0 fully saturated rings. The number of benzene rings is 2. The zero-order valence-electron chi connectivity index (χ0n) is 16.0. The Morgan fingerprint density at radius 2 is 1.79 bits per heavy atom. The normalized spacial score (nSPS) is 11.7. The number of methoxy groups -OCH3 is 2. The molecule has 0 aliphatic heterocycles. The second kappa shape index (κ2) is 8.04. The van der Waals surface area contributed by atoms with Crippen molar-refractivity contribution in [2.45, 2.75) is 20.0 Å². The number of esters is 1. The van der Waals surface area contributed by atoms with Crippen molar-refractivity contribution in [3.63, 3.8) is 0 Å². The van der Waals surface area contributed by atoms with Crippen molar-refractivity contribution < 1.29 is 28.2 Å². The number of carbonyl (C=O) groups excluding carboxylic acids is 1. The van der Waals surface area contributed by atoms with Gasteiger partial charge in [0.2, 0.25) is 11.2 Å². The molecule has 1 aromatic heterocycles. The molecule has 0 saturated carbocycles. The molecule has 1 atom stereocenters. The van der Waals surface area contributed by atoms with E-state index < -0.39 is 12.1 Å².